The van der Waals surface area contributed by atoms with E-state index < -0.39 is 0 Å². The summed E-state index contributed by atoms with van der Waals surface area (Å²) in [7, 11) is 0. The highest BCUT2D eigenvalue weighted by Gasteiger charge is 2.41. The van der Waals surface area contributed by atoms with Crippen LogP contribution in [0.3, 0.4) is 0 Å². The van der Waals surface area contributed by atoms with Crippen LogP contribution in [0.4, 0.5) is 5.69 Å². The molecule has 1 aliphatic rings. The van der Waals surface area contributed by atoms with Crippen molar-refractivity contribution in [2.75, 3.05) is 11.9 Å². The quantitative estimate of drug-likeness (QED) is 0.275. The van der Waals surface area contributed by atoms with Gasteiger partial charge in [0.05, 0.1) is 17.8 Å². The van der Waals surface area contributed by atoms with Crippen molar-refractivity contribution >= 4 is 28.9 Å². The molecule has 1 fully saturated rings. The van der Waals surface area contributed by atoms with E-state index in [1.165, 1.54) is 5.56 Å². The minimum Gasteiger partial charge on any atom is -0.352 e. The third kappa shape index (κ3) is 5.07. The van der Waals surface area contributed by atoms with Gasteiger partial charge in [0.15, 0.2) is 5.11 Å². The predicted octanol–water partition coefficient (Wildman–Crippen LogP) is 6.05. The van der Waals surface area contributed by atoms with Gasteiger partial charge in [-0.3, -0.25) is 9.78 Å². The number of anilines is 1. The highest BCUT2D eigenvalue weighted by Crippen LogP contribution is 2.41. The van der Waals surface area contributed by atoms with Crippen molar-refractivity contribution in [2.45, 2.75) is 45.7 Å². The third-order valence-corrected chi connectivity index (χ3v) is 7.61. The highest BCUT2D eigenvalue weighted by atomic mass is 32.1. The van der Waals surface area contributed by atoms with Crippen LogP contribution in [-0.2, 0) is 11.2 Å². The lowest BCUT2D eigenvalue weighted by Crippen LogP contribution is -2.33. The number of aromatic nitrogens is 2. The largest absolute Gasteiger partial charge is 0.352 e. The Morgan fingerprint density at radius 1 is 1.03 bits per heavy atom. The number of carbonyl (C=O) groups is 1. The van der Waals surface area contributed by atoms with Crippen LogP contribution in [0, 0.1) is 13.8 Å². The highest BCUT2D eigenvalue weighted by molar-refractivity contribution is 7.80. The van der Waals surface area contributed by atoms with Crippen molar-refractivity contribution in [3.63, 3.8) is 0 Å². The van der Waals surface area contributed by atoms with Gasteiger partial charge in [-0.2, -0.15) is 0 Å². The van der Waals surface area contributed by atoms with Gasteiger partial charge in [0.1, 0.15) is 0 Å². The van der Waals surface area contributed by atoms with Gasteiger partial charge < -0.3 is 20.1 Å². The van der Waals surface area contributed by atoms with Crippen molar-refractivity contribution in [2.24, 2.45) is 0 Å². The minimum absolute atomic E-state index is 0.0245. The Hall–Kier alpha value is -3.97. The monoisotopic (exact) mass is 523 g/mol. The van der Waals surface area contributed by atoms with Crippen molar-refractivity contribution in [3.05, 3.63) is 113 Å². The number of rotatable bonds is 8. The van der Waals surface area contributed by atoms with Crippen LogP contribution >= 0.6 is 12.2 Å². The third-order valence-electron chi connectivity index (χ3n) is 7.25. The van der Waals surface area contributed by atoms with Crippen LogP contribution in [-0.4, -0.2) is 32.0 Å². The van der Waals surface area contributed by atoms with Gasteiger partial charge in [-0.15, -0.1) is 0 Å². The molecule has 194 valence electrons. The van der Waals surface area contributed by atoms with E-state index in [2.05, 4.69) is 76.2 Å². The maximum absolute atomic E-state index is 13.0. The Labute approximate surface area is 229 Å². The number of thiocarbonyl (C=S) groups is 1. The summed E-state index contributed by atoms with van der Waals surface area (Å²) < 4.78 is 2.28. The summed E-state index contributed by atoms with van der Waals surface area (Å²) in [5.41, 5.74) is 7.51. The van der Waals surface area contributed by atoms with Crippen LogP contribution in [0.2, 0.25) is 0 Å². The van der Waals surface area contributed by atoms with Crippen LogP contribution in [0.25, 0.3) is 5.69 Å². The van der Waals surface area contributed by atoms with Gasteiger partial charge in [0, 0.05) is 41.9 Å². The van der Waals surface area contributed by atoms with Crippen LogP contribution in [0.1, 0.15) is 53.6 Å². The molecule has 0 bridgehead atoms. The summed E-state index contributed by atoms with van der Waals surface area (Å²) in [6.07, 6.45) is 3.00. The van der Waals surface area contributed by atoms with E-state index in [9.17, 15) is 4.79 Å². The number of aryl methyl sites for hydroxylation is 2. The number of para-hydroxylation sites is 2. The molecular weight excluding hydrogens is 490 g/mol. The molecule has 3 heterocycles. The molecular formula is C31H33N5OS. The fraction of sp³-hybridized carbons (Fsp3) is 0.258. The van der Waals surface area contributed by atoms with E-state index in [1.807, 2.05) is 54.7 Å². The zero-order chi connectivity index (χ0) is 26.6. The van der Waals surface area contributed by atoms with Gasteiger partial charge in [-0.1, -0.05) is 49.4 Å². The smallest absolute Gasteiger partial charge is 0.226 e. The lowest BCUT2D eigenvalue weighted by molar-refractivity contribution is -0.116. The first-order valence-electron chi connectivity index (χ1n) is 13.1. The summed E-state index contributed by atoms with van der Waals surface area (Å²) in [6, 6.07) is 26.3. The molecule has 0 aliphatic carbocycles. The number of benzene rings is 2. The fourth-order valence-electron chi connectivity index (χ4n) is 5.43. The summed E-state index contributed by atoms with van der Waals surface area (Å²) in [6.45, 7) is 6.87. The Morgan fingerprint density at radius 3 is 2.50 bits per heavy atom. The maximum Gasteiger partial charge on any atom is 0.226 e. The molecule has 4 aromatic rings. The zero-order valence-corrected chi connectivity index (χ0v) is 22.8. The summed E-state index contributed by atoms with van der Waals surface area (Å²) >= 11 is 5.84. The number of nitrogens with zero attached hydrogens (tertiary/aromatic N) is 3. The Bertz CT molecular complexity index is 1430. The zero-order valence-electron chi connectivity index (χ0n) is 22.0. The van der Waals surface area contributed by atoms with Crippen molar-refractivity contribution in [3.8, 4) is 5.69 Å². The molecule has 2 aromatic heterocycles. The van der Waals surface area contributed by atoms with Crippen molar-refractivity contribution < 1.29 is 4.79 Å². The summed E-state index contributed by atoms with van der Waals surface area (Å²) in [4.78, 5) is 19.8. The number of amides is 1. The summed E-state index contributed by atoms with van der Waals surface area (Å²) in [5, 5.41) is 7.24. The lowest BCUT2D eigenvalue weighted by atomic mass is 9.96. The molecule has 1 amide bonds. The maximum atomic E-state index is 13.0. The first-order chi connectivity index (χ1) is 18.5. The molecule has 2 unspecified atom stereocenters. The molecule has 1 saturated heterocycles. The second kappa shape index (κ2) is 11.2. The van der Waals surface area contributed by atoms with E-state index >= 15 is 0 Å². The molecule has 5 rings (SSSR count). The first kappa shape index (κ1) is 25.7. The molecule has 2 atom stereocenters. The van der Waals surface area contributed by atoms with Crippen molar-refractivity contribution in [1.82, 2.24) is 19.8 Å². The average molecular weight is 524 g/mol. The molecule has 0 radical (unpaired) electrons. The van der Waals surface area contributed by atoms with Gasteiger partial charge in [0.2, 0.25) is 5.91 Å². The molecule has 7 heteroatoms. The van der Waals surface area contributed by atoms with E-state index in [0.717, 1.165) is 40.4 Å². The number of pyridine rings is 1. The van der Waals surface area contributed by atoms with Crippen LogP contribution in [0.5, 0.6) is 0 Å². The van der Waals surface area contributed by atoms with Crippen LogP contribution < -0.4 is 10.6 Å². The van der Waals surface area contributed by atoms with Crippen LogP contribution in [0.15, 0.2) is 85.1 Å². The number of hydrogen-bond donors (Lipinski definition) is 2. The van der Waals surface area contributed by atoms with Gasteiger partial charge in [0.25, 0.3) is 0 Å². The van der Waals surface area contributed by atoms with E-state index in [-0.39, 0.29) is 18.0 Å². The lowest BCUT2D eigenvalue weighted by Gasteiger charge is -2.28. The SMILES string of the molecule is CCc1ccccc1NC(=O)CCN1C(=S)NC(c2ccccn2)C1c1cc(C)n(-c2ccccc2)c1C. The fourth-order valence-corrected chi connectivity index (χ4v) is 5.76. The summed E-state index contributed by atoms with van der Waals surface area (Å²) in [5.74, 6) is -0.0245. The molecule has 2 N–H and O–H groups in total. The molecule has 1 aliphatic heterocycles. The Kier molecular flexibility index (Phi) is 7.56. The van der Waals surface area contributed by atoms with E-state index in [0.29, 0.717) is 18.1 Å². The van der Waals surface area contributed by atoms with E-state index in [4.69, 9.17) is 12.2 Å². The number of carbonyl (C=O) groups excluding carboxylic acids is 1. The van der Waals surface area contributed by atoms with Crippen molar-refractivity contribution in [1.29, 1.82) is 0 Å². The van der Waals surface area contributed by atoms with Gasteiger partial charge in [-0.25, -0.2) is 0 Å². The predicted molar refractivity (Wildman–Crippen MR) is 156 cm³/mol. The second-order valence-electron chi connectivity index (χ2n) is 9.63. The molecule has 0 spiro atoms. The standard InChI is InChI=1S/C31H33N5OS/c1-4-23-12-8-9-15-26(23)33-28(37)17-19-35-30(29(34-31(35)38)27-16-10-11-18-32-27)25-20-21(2)36(22(25)3)24-13-6-5-7-14-24/h5-16,18,20,29-30H,4,17,19H2,1-3H3,(H,33,37)(H,34,38). The Morgan fingerprint density at radius 2 is 1.76 bits per heavy atom. The molecule has 0 saturated carbocycles. The molecule has 2 aromatic carbocycles. The average Bonchev–Trinajstić information content (AvgIpc) is 3.42. The first-order valence-corrected chi connectivity index (χ1v) is 13.5. The minimum atomic E-state index is -0.127. The molecule has 38 heavy (non-hydrogen) atoms. The molecule has 6 nitrogen and oxygen atoms in total. The normalized spacial score (nSPS) is 16.9. The number of hydrogen-bond acceptors (Lipinski definition) is 3. The van der Waals surface area contributed by atoms with Gasteiger partial charge in [-0.05, 0) is 80.0 Å². The number of nitrogens with one attached hydrogen (secondary N) is 2. The van der Waals surface area contributed by atoms with Gasteiger partial charge >= 0.3 is 0 Å². The topological polar surface area (TPSA) is 62.2 Å². The second-order valence-corrected chi connectivity index (χ2v) is 10.0. The Balaban J connectivity index is 1.45. The van der Waals surface area contributed by atoms with E-state index in [1.54, 1.807) is 0 Å².